The van der Waals surface area contributed by atoms with E-state index in [0.29, 0.717) is 23.6 Å². The Morgan fingerprint density at radius 3 is 2.73 bits per heavy atom. The van der Waals surface area contributed by atoms with E-state index in [1.807, 2.05) is 17.5 Å². The quantitative estimate of drug-likeness (QED) is 0.743. The second kappa shape index (κ2) is 7.47. The van der Waals surface area contributed by atoms with Gasteiger partial charge in [-0.1, -0.05) is 35.9 Å². The molecule has 1 unspecified atom stereocenters. The number of halogens is 1. The SMILES string of the molecule is CC1(c2ccccc2Cl)NC(=O)N(CC(=O)NCCc2cccs2)C1=O. The van der Waals surface area contributed by atoms with Crippen molar-refractivity contribution in [2.45, 2.75) is 18.9 Å². The van der Waals surface area contributed by atoms with E-state index in [1.54, 1.807) is 42.5 Å². The molecule has 136 valence electrons. The third-order valence-corrected chi connectivity index (χ3v) is 5.53. The minimum Gasteiger partial charge on any atom is -0.354 e. The maximum Gasteiger partial charge on any atom is 0.325 e. The molecule has 2 aromatic rings. The van der Waals surface area contributed by atoms with Gasteiger partial charge >= 0.3 is 6.03 Å². The molecular weight excluding hydrogens is 374 g/mol. The first-order valence-corrected chi connectivity index (χ1v) is 9.36. The molecule has 0 aliphatic carbocycles. The Labute approximate surface area is 160 Å². The lowest BCUT2D eigenvalue weighted by molar-refractivity contribution is -0.134. The Hall–Kier alpha value is -2.38. The summed E-state index contributed by atoms with van der Waals surface area (Å²) >= 11 is 7.79. The van der Waals surface area contributed by atoms with Gasteiger partial charge < -0.3 is 10.6 Å². The summed E-state index contributed by atoms with van der Waals surface area (Å²) in [4.78, 5) is 39.3. The van der Waals surface area contributed by atoms with Crippen molar-refractivity contribution >= 4 is 40.8 Å². The zero-order valence-electron chi connectivity index (χ0n) is 14.1. The maximum absolute atomic E-state index is 12.8. The van der Waals surface area contributed by atoms with Crippen LogP contribution in [0.4, 0.5) is 4.79 Å². The zero-order chi connectivity index (χ0) is 18.7. The van der Waals surface area contributed by atoms with Crippen LogP contribution < -0.4 is 10.6 Å². The van der Waals surface area contributed by atoms with E-state index in [9.17, 15) is 14.4 Å². The molecule has 2 heterocycles. The number of imide groups is 1. The molecule has 2 N–H and O–H groups in total. The zero-order valence-corrected chi connectivity index (χ0v) is 15.7. The second-order valence-electron chi connectivity index (χ2n) is 6.11. The van der Waals surface area contributed by atoms with E-state index in [4.69, 9.17) is 11.6 Å². The standard InChI is InChI=1S/C18H18ClN3O3S/c1-18(13-6-2-3-7-14(13)19)16(24)22(17(25)21-18)11-15(23)20-9-8-12-5-4-10-26-12/h2-7,10H,8-9,11H2,1H3,(H,20,23)(H,21,25). The van der Waals surface area contributed by atoms with Gasteiger partial charge in [-0.3, -0.25) is 14.5 Å². The normalized spacial score (nSPS) is 19.5. The highest BCUT2D eigenvalue weighted by molar-refractivity contribution is 7.09. The summed E-state index contributed by atoms with van der Waals surface area (Å²) in [5.41, 5.74) is -0.784. The van der Waals surface area contributed by atoms with Gasteiger partial charge in [0.15, 0.2) is 0 Å². The van der Waals surface area contributed by atoms with Gasteiger partial charge in [-0.15, -0.1) is 11.3 Å². The van der Waals surface area contributed by atoms with E-state index >= 15 is 0 Å². The van der Waals surface area contributed by atoms with Crippen LogP contribution in [0.2, 0.25) is 5.02 Å². The van der Waals surface area contributed by atoms with Gasteiger partial charge in [0.25, 0.3) is 5.91 Å². The smallest absolute Gasteiger partial charge is 0.325 e. The lowest BCUT2D eigenvalue weighted by atomic mass is 9.92. The van der Waals surface area contributed by atoms with E-state index < -0.39 is 17.5 Å². The van der Waals surface area contributed by atoms with E-state index in [-0.39, 0.29) is 12.5 Å². The van der Waals surface area contributed by atoms with Crippen LogP contribution in [0.1, 0.15) is 17.4 Å². The first kappa shape index (κ1) is 18.4. The van der Waals surface area contributed by atoms with Crippen LogP contribution in [0.3, 0.4) is 0 Å². The molecule has 8 heteroatoms. The Morgan fingerprint density at radius 1 is 1.27 bits per heavy atom. The summed E-state index contributed by atoms with van der Waals surface area (Å²) in [5.74, 6) is -0.877. The van der Waals surface area contributed by atoms with Gasteiger partial charge in [-0.05, 0) is 30.9 Å². The van der Waals surface area contributed by atoms with Crippen molar-refractivity contribution in [3.05, 3.63) is 57.2 Å². The first-order valence-electron chi connectivity index (χ1n) is 8.10. The summed E-state index contributed by atoms with van der Waals surface area (Å²) in [6, 6.07) is 10.2. The molecule has 1 aromatic heterocycles. The molecule has 0 saturated carbocycles. The molecular formula is C18H18ClN3O3S. The van der Waals surface area contributed by atoms with Gasteiger partial charge in [-0.2, -0.15) is 0 Å². The van der Waals surface area contributed by atoms with Crippen molar-refractivity contribution in [3.63, 3.8) is 0 Å². The molecule has 0 radical (unpaired) electrons. The lowest BCUT2D eigenvalue weighted by Crippen LogP contribution is -2.43. The molecule has 1 fully saturated rings. The van der Waals surface area contributed by atoms with Crippen molar-refractivity contribution in [3.8, 4) is 0 Å². The molecule has 0 spiro atoms. The number of hydrogen-bond donors (Lipinski definition) is 2. The topological polar surface area (TPSA) is 78.5 Å². The number of carbonyl (C=O) groups excluding carboxylic acids is 3. The molecule has 1 aliphatic rings. The van der Waals surface area contributed by atoms with Crippen molar-refractivity contribution < 1.29 is 14.4 Å². The maximum atomic E-state index is 12.8. The van der Waals surface area contributed by atoms with E-state index in [1.165, 1.54) is 0 Å². The number of amides is 4. The summed E-state index contributed by atoms with van der Waals surface area (Å²) in [6.45, 7) is 1.71. The third-order valence-electron chi connectivity index (χ3n) is 4.26. The Morgan fingerprint density at radius 2 is 2.04 bits per heavy atom. The highest BCUT2D eigenvalue weighted by Gasteiger charge is 2.50. The van der Waals surface area contributed by atoms with Gasteiger partial charge in [0.2, 0.25) is 5.91 Å². The van der Waals surface area contributed by atoms with E-state index in [2.05, 4.69) is 10.6 Å². The van der Waals surface area contributed by atoms with Gasteiger partial charge in [-0.25, -0.2) is 4.79 Å². The number of rotatable bonds is 6. The van der Waals surface area contributed by atoms with Crippen LogP contribution in [0.25, 0.3) is 0 Å². The Bertz CT molecular complexity index is 840. The van der Waals surface area contributed by atoms with Crippen LogP contribution in [-0.2, 0) is 21.5 Å². The van der Waals surface area contributed by atoms with Gasteiger partial charge in [0.05, 0.1) is 0 Å². The molecule has 1 saturated heterocycles. The number of carbonyl (C=O) groups is 3. The van der Waals surface area contributed by atoms with Crippen molar-refractivity contribution in [1.29, 1.82) is 0 Å². The summed E-state index contributed by atoms with van der Waals surface area (Å²) in [7, 11) is 0. The van der Waals surface area contributed by atoms with Gasteiger partial charge in [0, 0.05) is 22.0 Å². The molecule has 3 rings (SSSR count). The third kappa shape index (κ3) is 3.59. The fourth-order valence-electron chi connectivity index (χ4n) is 2.87. The Kier molecular flexibility index (Phi) is 5.29. The number of urea groups is 1. The number of thiophene rings is 1. The average molecular weight is 392 g/mol. The summed E-state index contributed by atoms with van der Waals surface area (Å²) in [6.07, 6.45) is 0.709. The van der Waals surface area contributed by atoms with Crippen LogP contribution >= 0.6 is 22.9 Å². The number of benzene rings is 1. The largest absolute Gasteiger partial charge is 0.354 e. The van der Waals surface area contributed by atoms with Gasteiger partial charge in [0.1, 0.15) is 12.1 Å². The fourth-order valence-corrected chi connectivity index (χ4v) is 3.90. The molecule has 4 amide bonds. The number of hydrogen-bond acceptors (Lipinski definition) is 4. The molecule has 1 aliphatic heterocycles. The van der Waals surface area contributed by atoms with Crippen LogP contribution in [0.5, 0.6) is 0 Å². The fraction of sp³-hybridized carbons (Fsp3) is 0.278. The highest BCUT2D eigenvalue weighted by atomic mass is 35.5. The molecule has 0 bridgehead atoms. The minimum atomic E-state index is -1.29. The first-order chi connectivity index (χ1) is 12.4. The monoisotopic (exact) mass is 391 g/mol. The second-order valence-corrected chi connectivity index (χ2v) is 7.55. The molecule has 1 atom stereocenters. The highest BCUT2D eigenvalue weighted by Crippen LogP contribution is 2.33. The summed E-state index contributed by atoms with van der Waals surface area (Å²) in [5, 5.41) is 7.73. The molecule has 6 nitrogen and oxygen atoms in total. The lowest BCUT2D eigenvalue weighted by Gasteiger charge is -2.23. The average Bonchev–Trinajstić information content (AvgIpc) is 3.19. The minimum absolute atomic E-state index is 0.324. The Balaban J connectivity index is 1.63. The summed E-state index contributed by atoms with van der Waals surface area (Å²) < 4.78 is 0. The van der Waals surface area contributed by atoms with Crippen molar-refractivity contribution in [1.82, 2.24) is 15.5 Å². The predicted molar refractivity (Wildman–Crippen MR) is 100 cm³/mol. The van der Waals surface area contributed by atoms with Crippen LogP contribution in [-0.4, -0.2) is 35.8 Å². The van der Waals surface area contributed by atoms with Crippen molar-refractivity contribution in [2.24, 2.45) is 0 Å². The van der Waals surface area contributed by atoms with Crippen molar-refractivity contribution in [2.75, 3.05) is 13.1 Å². The van der Waals surface area contributed by atoms with Crippen LogP contribution in [0.15, 0.2) is 41.8 Å². The molecule has 26 heavy (non-hydrogen) atoms. The number of nitrogens with zero attached hydrogens (tertiary/aromatic N) is 1. The number of nitrogens with one attached hydrogen (secondary N) is 2. The van der Waals surface area contributed by atoms with E-state index in [0.717, 1.165) is 9.78 Å². The molecule has 1 aromatic carbocycles. The predicted octanol–water partition coefficient (Wildman–Crippen LogP) is 2.53. The van der Waals surface area contributed by atoms with Crippen LogP contribution in [0, 0.1) is 0 Å².